The molecule has 0 aliphatic heterocycles. The van der Waals surface area contributed by atoms with Crippen molar-refractivity contribution in [1.29, 1.82) is 0 Å². The number of benzene rings is 1. The van der Waals surface area contributed by atoms with Gasteiger partial charge in [-0.05, 0) is 18.2 Å². The van der Waals surface area contributed by atoms with Crippen LogP contribution in [0.25, 0.3) is 16.4 Å². The van der Waals surface area contributed by atoms with E-state index in [-0.39, 0.29) is 24.1 Å². The molecule has 0 radical (unpaired) electrons. The number of esters is 1. The molecule has 4 aromatic rings. The molecule has 9 heteroatoms. The number of aromatic nitrogens is 4. The van der Waals surface area contributed by atoms with Crippen LogP contribution in [0.5, 0.6) is 0 Å². The number of halogens is 1. The minimum Gasteiger partial charge on any atom is -0.459 e. The Labute approximate surface area is 168 Å². The third kappa shape index (κ3) is 3.74. The topological polar surface area (TPSA) is 95.6 Å². The van der Waals surface area contributed by atoms with Crippen molar-refractivity contribution in [2.24, 2.45) is 7.05 Å². The van der Waals surface area contributed by atoms with Gasteiger partial charge in [0.2, 0.25) is 0 Å². The van der Waals surface area contributed by atoms with E-state index in [1.165, 1.54) is 28.4 Å². The predicted octanol–water partition coefficient (Wildman–Crippen LogP) is 1.88. The van der Waals surface area contributed by atoms with E-state index < -0.39 is 5.97 Å². The molecule has 0 saturated carbocycles. The van der Waals surface area contributed by atoms with Crippen molar-refractivity contribution in [2.75, 3.05) is 0 Å². The summed E-state index contributed by atoms with van der Waals surface area (Å²) in [4.78, 5) is 41.0. The van der Waals surface area contributed by atoms with E-state index in [2.05, 4.69) is 10.1 Å². The lowest BCUT2D eigenvalue weighted by molar-refractivity contribution is -0.144. The normalized spacial score (nSPS) is 11.1. The van der Waals surface area contributed by atoms with Gasteiger partial charge in [-0.2, -0.15) is 5.10 Å². The molecule has 0 spiro atoms. The van der Waals surface area contributed by atoms with Gasteiger partial charge in [-0.25, -0.2) is 9.67 Å². The van der Waals surface area contributed by atoms with Gasteiger partial charge < -0.3 is 4.74 Å². The van der Waals surface area contributed by atoms with Crippen LogP contribution in [0.15, 0.2) is 58.3 Å². The molecule has 0 saturated heterocycles. The van der Waals surface area contributed by atoms with Gasteiger partial charge in [0.25, 0.3) is 11.1 Å². The Hall–Kier alpha value is -3.52. The SMILES string of the molecule is Cn1nc(CC(=O)OCc2cc(=O)n3cc(Cl)ccc3n2)c2ccccc2c1=O. The van der Waals surface area contributed by atoms with Crippen LogP contribution in [-0.4, -0.2) is 25.1 Å². The molecule has 0 fully saturated rings. The molecule has 0 N–H and O–H groups in total. The molecular formula is C20H15ClN4O4. The Kier molecular flexibility index (Phi) is 4.85. The zero-order valence-corrected chi connectivity index (χ0v) is 16.1. The Bertz CT molecular complexity index is 1380. The minimum absolute atomic E-state index is 0.114. The molecular weight excluding hydrogens is 396 g/mol. The molecule has 0 bridgehead atoms. The molecule has 0 aliphatic carbocycles. The molecule has 0 amide bonds. The molecule has 0 unspecified atom stereocenters. The van der Waals surface area contributed by atoms with Gasteiger partial charge >= 0.3 is 5.97 Å². The lowest BCUT2D eigenvalue weighted by Gasteiger charge is -2.09. The smallest absolute Gasteiger partial charge is 0.312 e. The Morgan fingerprint density at radius 3 is 2.69 bits per heavy atom. The van der Waals surface area contributed by atoms with E-state index >= 15 is 0 Å². The summed E-state index contributed by atoms with van der Waals surface area (Å²) in [7, 11) is 1.53. The van der Waals surface area contributed by atoms with Crippen molar-refractivity contribution in [2.45, 2.75) is 13.0 Å². The molecule has 3 heterocycles. The molecule has 4 rings (SSSR count). The van der Waals surface area contributed by atoms with E-state index in [0.29, 0.717) is 32.8 Å². The molecule has 1 aromatic carbocycles. The standard InChI is InChI=1S/C20H15ClN4O4/c1-24-20(28)15-5-3-2-4-14(15)16(23-24)9-19(27)29-11-13-8-18(26)25-10-12(21)6-7-17(25)22-13/h2-8,10H,9,11H2,1H3. The third-order valence-corrected chi connectivity index (χ3v) is 4.63. The first-order valence-electron chi connectivity index (χ1n) is 8.71. The summed E-state index contributed by atoms with van der Waals surface area (Å²) < 4.78 is 7.79. The second kappa shape index (κ2) is 7.48. The van der Waals surface area contributed by atoms with Crippen LogP contribution >= 0.6 is 11.6 Å². The molecule has 29 heavy (non-hydrogen) atoms. The lowest BCUT2D eigenvalue weighted by Crippen LogP contribution is -2.23. The lowest BCUT2D eigenvalue weighted by atomic mass is 10.1. The first-order valence-corrected chi connectivity index (χ1v) is 9.08. The number of pyridine rings is 1. The average Bonchev–Trinajstić information content (AvgIpc) is 2.71. The van der Waals surface area contributed by atoms with E-state index in [9.17, 15) is 14.4 Å². The second-order valence-electron chi connectivity index (χ2n) is 6.42. The van der Waals surface area contributed by atoms with Crippen LogP contribution in [0.3, 0.4) is 0 Å². The van der Waals surface area contributed by atoms with Crippen molar-refractivity contribution < 1.29 is 9.53 Å². The summed E-state index contributed by atoms with van der Waals surface area (Å²) in [5.74, 6) is -0.542. The number of rotatable bonds is 4. The predicted molar refractivity (Wildman–Crippen MR) is 107 cm³/mol. The highest BCUT2D eigenvalue weighted by Crippen LogP contribution is 2.14. The van der Waals surface area contributed by atoms with Crippen LogP contribution in [0.4, 0.5) is 0 Å². The molecule has 0 atom stereocenters. The average molecular weight is 411 g/mol. The van der Waals surface area contributed by atoms with Crippen molar-refractivity contribution in [3.8, 4) is 0 Å². The van der Waals surface area contributed by atoms with E-state index in [1.807, 2.05) is 0 Å². The number of nitrogens with zero attached hydrogens (tertiary/aromatic N) is 4. The van der Waals surface area contributed by atoms with Crippen molar-refractivity contribution >= 4 is 34.0 Å². The third-order valence-electron chi connectivity index (χ3n) is 4.40. The fourth-order valence-electron chi connectivity index (χ4n) is 3.05. The summed E-state index contributed by atoms with van der Waals surface area (Å²) in [5.41, 5.74) is 0.601. The fraction of sp³-hybridized carbons (Fsp3) is 0.150. The Morgan fingerprint density at radius 1 is 1.14 bits per heavy atom. The number of hydrogen-bond donors (Lipinski definition) is 0. The monoisotopic (exact) mass is 410 g/mol. The van der Waals surface area contributed by atoms with Gasteiger partial charge in [-0.3, -0.25) is 18.8 Å². The largest absolute Gasteiger partial charge is 0.459 e. The van der Waals surface area contributed by atoms with Gasteiger partial charge in [-0.1, -0.05) is 29.8 Å². The quantitative estimate of drug-likeness (QED) is 0.477. The summed E-state index contributed by atoms with van der Waals surface area (Å²) >= 11 is 5.89. The number of aryl methyl sites for hydroxylation is 1. The zero-order valence-electron chi connectivity index (χ0n) is 15.3. The van der Waals surface area contributed by atoms with E-state index in [4.69, 9.17) is 16.3 Å². The summed E-state index contributed by atoms with van der Waals surface area (Å²) in [6.07, 6.45) is 1.36. The molecule has 146 valence electrons. The van der Waals surface area contributed by atoms with Crippen molar-refractivity contribution in [1.82, 2.24) is 19.2 Å². The highest BCUT2D eigenvalue weighted by molar-refractivity contribution is 6.30. The van der Waals surface area contributed by atoms with E-state index in [0.717, 1.165) is 0 Å². The first kappa shape index (κ1) is 18.8. The molecule has 0 aliphatic rings. The van der Waals surface area contributed by atoms with Gasteiger partial charge in [0.1, 0.15) is 12.3 Å². The van der Waals surface area contributed by atoms with Crippen molar-refractivity contribution in [3.63, 3.8) is 0 Å². The van der Waals surface area contributed by atoms with Gasteiger partial charge in [-0.15, -0.1) is 0 Å². The van der Waals surface area contributed by atoms with Crippen LogP contribution in [0, 0.1) is 0 Å². The first-order chi connectivity index (χ1) is 13.9. The summed E-state index contributed by atoms with van der Waals surface area (Å²) in [6.45, 7) is -0.156. The van der Waals surface area contributed by atoms with Crippen LogP contribution in [0.2, 0.25) is 5.02 Å². The Balaban J connectivity index is 1.54. The minimum atomic E-state index is -0.542. The van der Waals surface area contributed by atoms with E-state index in [1.54, 1.807) is 36.4 Å². The number of hydrogen-bond acceptors (Lipinski definition) is 6. The highest BCUT2D eigenvalue weighted by atomic mass is 35.5. The van der Waals surface area contributed by atoms with Gasteiger partial charge in [0, 0.05) is 24.7 Å². The van der Waals surface area contributed by atoms with Crippen LogP contribution in [0.1, 0.15) is 11.4 Å². The summed E-state index contributed by atoms with van der Waals surface area (Å²) in [5, 5.41) is 5.68. The highest BCUT2D eigenvalue weighted by Gasteiger charge is 2.14. The van der Waals surface area contributed by atoms with Crippen LogP contribution < -0.4 is 11.1 Å². The zero-order chi connectivity index (χ0) is 20.5. The van der Waals surface area contributed by atoms with Crippen molar-refractivity contribution in [3.05, 3.63) is 85.8 Å². The van der Waals surface area contributed by atoms with Gasteiger partial charge in [0.05, 0.1) is 28.2 Å². The Morgan fingerprint density at radius 2 is 1.90 bits per heavy atom. The van der Waals surface area contributed by atoms with Gasteiger partial charge in [0.15, 0.2) is 0 Å². The number of carbonyl (C=O) groups excluding carboxylic acids is 1. The summed E-state index contributed by atoms with van der Waals surface area (Å²) in [6, 6.07) is 11.5. The maximum Gasteiger partial charge on any atom is 0.312 e. The second-order valence-corrected chi connectivity index (χ2v) is 6.86. The number of ether oxygens (including phenoxy) is 1. The number of carbonyl (C=O) groups is 1. The molecule has 3 aromatic heterocycles. The van der Waals surface area contributed by atoms with Crippen LogP contribution in [-0.2, 0) is 29.6 Å². The maximum absolute atomic E-state index is 12.3. The molecule has 8 nitrogen and oxygen atoms in total. The fourth-order valence-corrected chi connectivity index (χ4v) is 3.21. The maximum atomic E-state index is 12.3. The number of fused-ring (bicyclic) bond motifs is 2.